The maximum absolute atomic E-state index is 13.6. The van der Waals surface area contributed by atoms with Crippen LogP contribution in [-0.2, 0) is 13.2 Å². The second kappa shape index (κ2) is 5.60. The number of aliphatic hydroxyl groups is 1. The average Bonchev–Trinajstić information content (AvgIpc) is 2.82. The summed E-state index contributed by atoms with van der Waals surface area (Å²) < 4.78 is 13.6. The smallest absolute Gasteiger partial charge is 0.208 e. The number of hydrogen-bond donors (Lipinski definition) is 1. The Morgan fingerprint density at radius 1 is 1.44 bits per heavy atom. The molecule has 1 N–H and O–H groups in total. The Morgan fingerprint density at radius 2 is 2.22 bits per heavy atom. The van der Waals surface area contributed by atoms with Crippen LogP contribution in [-0.4, -0.2) is 22.4 Å². The summed E-state index contributed by atoms with van der Waals surface area (Å²) in [5.41, 5.74) is 0.419. The van der Waals surface area contributed by atoms with Crippen molar-refractivity contribution in [2.45, 2.75) is 13.2 Å². The molecule has 1 aromatic carbocycles. The van der Waals surface area contributed by atoms with Crippen LogP contribution in [0.1, 0.15) is 10.6 Å². The highest BCUT2D eigenvalue weighted by Crippen LogP contribution is 2.25. The number of aliphatic hydroxyl groups excluding tert-OH is 1. The lowest BCUT2D eigenvalue weighted by molar-refractivity contribution is 0.280. The van der Waals surface area contributed by atoms with E-state index in [9.17, 15) is 4.39 Å². The third-order valence-corrected chi connectivity index (χ3v) is 3.75. The van der Waals surface area contributed by atoms with Crippen LogP contribution in [0.5, 0.6) is 0 Å². The predicted octanol–water partition coefficient (Wildman–Crippen LogP) is 2.46. The first-order valence-corrected chi connectivity index (χ1v) is 6.38. The molecule has 0 saturated carbocycles. The second-order valence-corrected chi connectivity index (χ2v) is 5.14. The molecule has 0 aliphatic carbocycles. The Hall–Kier alpha value is -1.24. The van der Waals surface area contributed by atoms with E-state index >= 15 is 0 Å². The normalized spacial score (nSPS) is 10.7. The van der Waals surface area contributed by atoms with E-state index in [0.717, 1.165) is 0 Å². The van der Waals surface area contributed by atoms with Crippen LogP contribution in [0.15, 0.2) is 18.2 Å². The molecule has 0 atom stereocenters. The zero-order valence-corrected chi connectivity index (χ0v) is 11.2. The molecule has 0 spiro atoms. The number of nitrogens with zero attached hydrogens (tertiary/aromatic N) is 3. The maximum Gasteiger partial charge on any atom is 0.208 e. The van der Waals surface area contributed by atoms with Crippen molar-refractivity contribution >= 4 is 28.1 Å². The van der Waals surface area contributed by atoms with Gasteiger partial charge in [-0.25, -0.2) is 4.39 Å². The van der Waals surface area contributed by atoms with Gasteiger partial charge in [-0.15, -0.1) is 10.2 Å². The van der Waals surface area contributed by atoms with Gasteiger partial charge in [-0.3, -0.25) is 0 Å². The van der Waals surface area contributed by atoms with E-state index in [4.69, 9.17) is 16.7 Å². The molecule has 0 amide bonds. The van der Waals surface area contributed by atoms with Gasteiger partial charge in [0, 0.05) is 24.2 Å². The first-order chi connectivity index (χ1) is 8.61. The van der Waals surface area contributed by atoms with Crippen molar-refractivity contribution in [2.75, 3.05) is 11.9 Å². The Morgan fingerprint density at radius 3 is 2.83 bits per heavy atom. The molecule has 1 aromatic heterocycles. The molecule has 0 bridgehead atoms. The van der Waals surface area contributed by atoms with Crippen molar-refractivity contribution in [3.8, 4) is 0 Å². The van der Waals surface area contributed by atoms with Crippen molar-refractivity contribution in [1.82, 2.24) is 10.2 Å². The summed E-state index contributed by atoms with van der Waals surface area (Å²) in [6.07, 6.45) is 0. The van der Waals surface area contributed by atoms with Gasteiger partial charge >= 0.3 is 0 Å². The van der Waals surface area contributed by atoms with Crippen LogP contribution in [0.3, 0.4) is 0 Å². The first kappa shape index (κ1) is 13.2. The molecule has 96 valence electrons. The molecule has 0 saturated heterocycles. The summed E-state index contributed by atoms with van der Waals surface area (Å²) in [6, 6.07) is 4.58. The SMILES string of the molecule is CN(Cc1c(F)cccc1Cl)c1nnc(CO)s1. The quantitative estimate of drug-likeness (QED) is 0.938. The highest BCUT2D eigenvalue weighted by molar-refractivity contribution is 7.15. The minimum absolute atomic E-state index is 0.147. The Balaban J connectivity index is 2.18. The highest BCUT2D eigenvalue weighted by atomic mass is 35.5. The molecule has 0 radical (unpaired) electrons. The first-order valence-electron chi connectivity index (χ1n) is 5.19. The summed E-state index contributed by atoms with van der Waals surface area (Å²) in [6.45, 7) is 0.150. The fraction of sp³-hybridized carbons (Fsp3) is 0.273. The largest absolute Gasteiger partial charge is 0.389 e. The highest BCUT2D eigenvalue weighted by Gasteiger charge is 2.13. The van der Waals surface area contributed by atoms with E-state index in [0.29, 0.717) is 27.3 Å². The number of rotatable bonds is 4. The van der Waals surface area contributed by atoms with E-state index < -0.39 is 0 Å². The molecule has 2 aromatic rings. The number of halogens is 2. The third-order valence-electron chi connectivity index (χ3n) is 2.37. The lowest BCUT2D eigenvalue weighted by atomic mass is 10.2. The summed E-state index contributed by atoms with van der Waals surface area (Å²) in [4.78, 5) is 1.74. The van der Waals surface area contributed by atoms with E-state index in [-0.39, 0.29) is 12.4 Å². The van der Waals surface area contributed by atoms with Crippen LogP contribution in [0.25, 0.3) is 0 Å². The molecule has 0 fully saturated rings. The molecule has 4 nitrogen and oxygen atoms in total. The van der Waals surface area contributed by atoms with Gasteiger partial charge in [-0.05, 0) is 12.1 Å². The molecule has 7 heteroatoms. The van der Waals surface area contributed by atoms with Crippen molar-refractivity contribution in [1.29, 1.82) is 0 Å². The summed E-state index contributed by atoms with van der Waals surface area (Å²) >= 11 is 7.21. The number of benzene rings is 1. The molecular weight excluding hydrogens is 277 g/mol. The second-order valence-electron chi connectivity index (χ2n) is 3.69. The minimum Gasteiger partial charge on any atom is -0.389 e. The van der Waals surface area contributed by atoms with Gasteiger partial charge in [-0.2, -0.15) is 0 Å². The van der Waals surface area contributed by atoms with Crippen LogP contribution >= 0.6 is 22.9 Å². The van der Waals surface area contributed by atoms with Gasteiger partial charge in [0.1, 0.15) is 10.8 Å². The lowest BCUT2D eigenvalue weighted by Gasteiger charge is -2.16. The van der Waals surface area contributed by atoms with Gasteiger partial charge in [0.25, 0.3) is 0 Å². The number of anilines is 1. The average molecular weight is 288 g/mol. The lowest BCUT2D eigenvalue weighted by Crippen LogP contribution is -2.17. The zero-order valence-electron chi connectivity index (χ0n) is 9.60. The maximum atomic E-state index is 13.6. The van der Waals surface area contributed by atoms with Crippen molar-refractivity contribution < 1.29 is 9.50 Å². The molecule has 0 unspecified atom stereocenters. The fourth-order valence-corrected chi connectivity index (χ4v) is 2.33. The molecule has 2 rings (SSSR count). The van der Waals surface area contributed by atoms with E-state index in [1.807, 2.05) is 0 Å². The van der Waals surface area contributed by atoms with Gasteiger partial charge < -0.3 is 10.0 Å². The molecule has 0 aliphatic rings. The van der Waals surface area contributed by atoms with E-state index in [2.05, 4.69) is 10.2 Å². The third kappa shape index (κ3) is 2.77. The van der Waals surface area contributed by atoms with Crippen LogP contribution in [0.2, 0.25) is 5.02 Å². The standard InChI is InChI=1S/C11H11ClFN3OS/c1-16(11-15-14-10(6-17)18-11)5-7-8(12)3-2-4-9(7)13/h2-4,17H,5-6H2,1H3. The van der Waals surface area contributed by atoms with Crippen molar-refractivity contribution in [2.24, 2.45) is 0 Å². The van der Waals surface area contributed by atoms with Crippen molar-refractivity contribution in [3.63, 3.8) is 0 Å². The molecular formula is C11H11ClFN3OS. The van der Waals surface area contributed by atoms with Gasteiger partial charge in [0.05, 0.1) is 6.61 Å². The summed E-state index contributed by atoms with van der Waals surface area (Å²) in [5, 5.41) is 18.1. The predicted molar refractivity (Wildman–Crippen MR) is 69.3 cm³/mol. The van der Waals surface area contributed by atoms with Crippen molar-refractivity contribution in [3.05, 3.63) is 39.6 Å². The minimum atomic E-state index is -0.346. The zero-order chi connectivity index (χ0) is 13.1. The molecule has 18 heavy (non-hydrogen) atoms. The monoisotopic (exact) mass is 287 g/mol. The van der Waals surface area contributed by atoms with Gasteiger partial charge in [0.2, 0.25) is 5.13 Å². The summed E-state index contributed by atoms with van der Waals surface area (Å²) in [7, 11) is 1.77. The van der Waals surface area contributed by atoms with Crippen LogP contribution in [0, 0.1) is 5.82 Å². The topological polar surface area (TPSA) is 49.2 Å². The van der Waals surface area contributed by atoms with Crippen LogP contribution < -0.4 is 4.90 Å². The van der Waals surface area contributed by atoms with Gasteiger partial charge in [-0.1, -0.05) is 29.0 Å². The van der Waals surface area contributed by atoms with E-state index in [1.165, 1.54) is 17.4 Å². The Bertz CT molecular complexity index is 529. The number of hydrogen-bond acceptors (Lipinski definition) is 5. The fourth-order valence-electron chi connectivity index (χ4n) is 1.45. The summed E-state index contributed by atoms with van der Waals surface area (Å²) in [5.74, 6) is -0.346. The molecule has 0 aliphatic heterocycles. The Kier molecular flexibility index (Phi) is 4.11. The van der Waals surface area contributed by atoms with E-state index in [1.54, 1.807) is 24.1 Å². The molecule has 1 heterocycles. The van der Waals surface area contributed by atoms with Crippen LogP contribution in [0.4, 0.5) is 9.52 Å². The Labute approximate surface area is 113 Å². The van der Waals surface area contributed by atoms with Gasteiger partial charge in [0.15, 0.2) is 0 Å². The number of aromatic nitrogens is 2.